The molecule has 2 amide bonds. The van der Waals surface area contributed by atoms with Crippen molar-refractivity contribution in [3.63, 3.8) is 0 Å². The van der Waals surface area contributed by atoms with E-state index in [2.05, 4.69) is 15.2 Å². The maximum absolute atomic E-state index is 13.4. The van der Waals surface area contributed by atoms with Crippen molar-refractivity contribution in [2.75, 3.05) is 19.6 Å². The van der Waals surface area contributed by atoms with Crippen molar-refractivity contribution in [1.82, 2.24) is 25.0 Å². The van der Waals surface area contributed by atoms with E-state index in [-0.39, 0.29) is 23.8 Å². The molecule has 0 spiro atoms. The largest absolute Gasteiger partial charge is 0.342 e. The van der Waals surface area contributed by atoms with E-state index in [1.165, 1.54) is 0 Å². The van der Waals surface area contributed by atoms with Crippen molar-refractivity contribution in [2.45, 2.75) is 51.5 Å². The van der Waals surface area contributed by atoms with Crippen LogP contribution in [-0.4, -0.2) is 56.4 Å². The lowest BCUT2D eigenvalue weighted by atomic mass is 9.93. The molecule has 2 fully saturated rings. The molecule has 0 radical (unpaired) electrons. The Hall–Kier alpha value is -2.70. The minimum Gasteiger partial charge on any atom is -0.342 e. The number of aromatic nitrogens is 3. The highest BCUT2D eigenvalue weighted by Gasteiger charge is 2.36. The zero-order valence-corrected chi connectivity index (χ0v) is 17.0. The lowest BCUT2D eigenvalue weighted by molar-refractivity contribution is -0.143. The predicted molar refractivity (Wildman–Crippen MR) is 109 cm³/mol. The number of nitrogens with zero attached hydrogens (tertiary/aromatic N) is 4. The van der Waals surface area contributed by atoms with E-state index in [1.54, 1.807) is 0 Å². The summed E-state index contributed by atoms with van der Waals surface area (Å²) in [6.07, 6.45) is 5.08. The van der Waals surface area contributed by atoms with Gasteiger partial charge in [-0.15, -0.1) is 0 Å². The van der Waals surface area contributed by atoms with E-state index < -0.39 is 0 Å². The first-order valence-electron chi connectivity index (χ1n) is 10.6. The van der Waals surface area contributed by atoms with Crippen molar-refractivity contribution >= 4 is 11.8 Å². The molecule has 0 saturated carbocycles. The number of H-pyrrole nitrogens is 1. The van der Waals surface area contributed by atoms with Gasteiger partial charge in [-0.1, -0.05) is 30.3 Å². The van der Waals surface area contributed by atoms with E-state index in [0.717, 1.165) is 56.6 Å². The molecular weight excluding hydrogens is 366 g/mol. The van der Waals surface area contributed by atoms with Crippen LogP contribution in [-0.2, 0) is 16.0 Å². The first kappa shape index (κ1) is 19.6. The first-order valence-corrected chi connectivity index (χ1v) is 10.6. The number of aromatic amines is 1. The number of carbonyl (C=O) groups is 2. The topological polar surface area (TPSA) is 82.2 Å². The predicted octanol–water partition coefficient (Wildman–Crippen LogP) is 2.65. The van der Waals surface area contributed by atoms with E-state index in [4.69, 9.17) is 0 Å². The number of hydrogen-bond acceptors (Lipinski definition) is 4. The van der Waals surface area contributed by atoms with E-state index in [9.17, 15) is 9.59 Å². The normalized spacial score (nSPS) is 22.5. The molecular formula is C22H29N5O2. The fraction of sp³-hybridized carbons (Fsp3) is 0.545. The van der Waals surface area contributed by atoms with E-state index in [1.807, 2.05) is 47.1 Å². The van der Waals surface area contributed by atoms with Gasteiger partial charge in [0.25, 0.3) is 0 Å². The Bertz CT molecular complexity index is 850. The monoisotopic (exact) mass is 395 g/mol. The zero-order valence-electron chi connectivity index (χ0n) is 17.0. The minimum atomic E-state index is -0.135. The molecule has 2 aliphatic rings. The van der Waals surface area contributed by atoms with Crippen molar-refractivity contribution in [3.8, 4) is 0 Å². The van der Waals surface area contributed by atoms with Gasteiger partial charge in [-0.05, 0) is 44.6 Å². The van der Waals surface area contributed by atoms with Gasteiger partial charge in [-0.25, -0.2) is 4.98 Å². The van der Waals surface area contributed by atoms with Gasteiger partial charge in [0.2, 0.25) is 11.8 Å². The van der Waals surface area contributed by atoms with Gasteiger partial charge in [0.1, 0.15) is 5.82 Å². The number of piperidine rings is 2. The Morgan fingerprint density at radius 1 is 1.10 bits per heavy atom. The Morgan fingerprint density at radius 2 is 1.93 bits per heavy atom. The molecule has 0 bridgehead atoms. The van der Waals surface area contributed by atoms with Gasteiger partial charge in [-0.2, -0.15) is 5.10 Å². The van der Waals surface area contributed by atoms with Crippen molar-refractivity contribution in [1.29, 1.82) is 0 Å². The minimum absolute atomic E-state index is 0.0587. The molecule has 154 valence electrons. The SMILES string of the molecule is Cc1nc(C2CCCCN2C(=O)C2CCCN(C(=O)Cc3ccccc3)C2)n[nH]1. The van der Waals surface area contributed by atoms with Crippen LogP contribution in [0.2, 0.25) is 0 Å². The molecule has 3 heterocycles. The fourth-order valence-electron chi connectivity index (χ4n) is 4.49. The molecule has 1 N–H and O–H groups in total. The second-order valence-corrected chi connectivity index (χ2v) is 8.16. The number of benzene rings is 1. The summed E-state index contributed by atoms with van der Waals surface area (Å²) in [5.41, 5.74) is 1.02. The van der Waals surface area contributed by atoms with Crippen LogP contribution in [0.15, 0.2) is 30.3 Å². The summed E-state index contributed by atoms with van der Waals surface area (Å²) in [7, 11) is 0. The molecule has 1 aromatic heterocycles. The number of aryl methyl sites for hydroxylation is 1. The average Bonchev–Trinajstić information content (AvgIpc) is 3.20. The number of amides is 2. The van der Waals surface area contributed by atoms with Crippen LogP contribution < -0.4 is 0 Å². The molecule has 29 heavy (non-hydrogen) atoms. The van der Waals surface area contributed by atoms with Crippen LogP contribution >= 0.6 is 0 Å². The summed E-state index contributed by atoms with van der Waals surface area (Å²) in [6.45, 7) is 3.87. The summed E-state index contributed by atoms with van der Waals surface area (Å²) in [6, 6.07) is 9.74. The van der Waals surface area contributed by atoms with Crippen LogP contribution in [0.25, 0.3) is 0 Å². The molecule has 2 unspecified atom stereocenters. The first-order chi connectivity index (χ1) is 14.1. The lowest BCUT2D eigenvalue weighted by Crippen LogP contribution is -2.49. The number of likely N-dealkylation sites (tertiary alicyclic amines) is 2. The molecule has 2 aliphatic heterocycles. The third-order valence-corrected chi connectivity index (χ3v) is 6.02. The van der Waals surface area contributed by atoms with Gasteiger partial charge < -0.3 is 9.80 Å². The zero-order chi connectivity index (χ0) is 20.2. The summed E-state index contributed by atoms with van der Waals surface area (Å²) < 4.78 is 0. The third-order valence-electron chi connectivity index (χ3n) is 6.02. The molecule has 0 aliphatic carbocycles. The van der Waals surface area contributed by atoms with Crippen molar-refractivity contribution in [3.05, 3.63) is 47.5 Å². The summed E-state index contributed by atoms with van der Waals surface area (Å²) in [5.74, 6) is 1.60. The molecule has 2 saturated heterocycles. The summed E-state index contributed by atoms with van der Waals surface area (Å²) in [5, 5.41) is 7.21. The number of nitrogens with one attached hydrogen (secondary N) is 1. The average molecular weight is 396 g/mol. The molecule has 7 nitrogen and oxygen atoms in total. The molecule has 4 rings (SSSR count). The molecule has 1 aromatic carbocycles. The number of carbonyl (C=O) groups excluding carboxylic acids is 2. The molecule has 7 heteroatoms. The summed E-state index contributed by atoms with van der Waals surface area (Å²) in [4.78, 5) is 34.5. The summed E-state index contributed by atoms with van der Waals surface area (Å²) >= 11 is 0. The van der Waals surface area contributed by atoms with Crippen LogP contribution in [0.5, 0.6) is 0 Å². The highest BCUT2D eigenvalue weighted by atomic mass is 16.2. The van der Waals surface area contributed by atoms with E-state index in [0.29, 0.717) is 18.8 Å². The standard InChI is InChI=1S/C22H29N5O2/c1-16-23-21(25-24-16)19-11-5-6-13-27(19)22(29)18-10-7-12-26(15-18)20(28)14-17-8-3-2-4-9-17/h2-4,8-9,18-19H,5-7,10-15H2,1H3,(H,23,24,25). The number of hydrogen-bond donors (Lipinski definition) is 1. The van der Waals surface area contributed by atoms with Crippen molar-refractivity contribution in [2.24, 2.45) is 5.92 Å². The van der Waals surface area contributed by atoms with Crippen LogP contribution in [0.1, 0.15) is 55.4 Å². The van der Waals surface area contributed by atoms with Gasteiger partial charge in [0.05, 0.1) is 18.4 Å². The second kappa shape index (κ2) is 8.76. The van der Waals surface area contributed by atoms with Gasteiger partial charge >= 0.3 is 0 Å². The Balaban J connectivity index is 1.42. The third kappa shape index (κ3) is 4.49. The van der Waals surface area contributed by atoms with Crippen LogP contribution in [0.3, 0.4) is 0 Å². The number of rotatable bonds is 4. The molecule has 2 atom stereocenters. The van der Waals surface area contributed by atoms with Gasteiger partial charge in [0.15, 0.2) is 5.82 Å². The maximum Gasteiger partial charge on any atom is 0.228 e. The van der Waals surface area contributed by atoms with Crippen molar-refractivity contribution < 1.29 is 9.59 Å². The van der Waals surface area contributed by atoms with Crippen LogP contribution in [0, 0.1) is 12.8 Å². The Morgan fingerprint density at radius 3 is 2.69 bits per heavy atom. The smallest absolute Gasteiger partial charge is 0.228 e. The highest BCUT2D eigenvalue weighted by Crippen LogP contribution is 2.32. The lowest BCUT2D eigenvalue weighted by Gasteiger charge is -2.39. The van der Waals surface area contributed by atoms with E-state index >= 15 is 0 Å². The van der Waals surface area contributed by atoms with Gasteiger partial charge in [-0.3, -0.25) is 14.7 Å². The Labute approximate surface area is 171 Å². The quantitative estimate of drug-likeness (QED) is 0.863. The van der Waals surface area contributed by atoms with Crippen LogP contribution in [0.4, 0.5) is 0 Å². The Kier molecular flexibility index (Phi) is 5.92. The molecule has 2 aromatic rings. The highest BCUT2D eigenvalue weighted by molar-refractivity contribution is 5.82. The maximum atomic E-state index is 13.4. The fourth-order valence-corrected chi connectivity index (χ4v) is 4.49. The second-order valence-electron chi connectivity index (χ2n) is 8.16. The van der Waals surface area contributed by atoms with Gasteiger partial charge in [0, 0.05) is 19.6 Å².